The number of phosphoric acid groups is 1. The van der Waals surface area contributed by atoms with Gasteiger partial charge in [-0.3, -0.25) is 33.1 Å². The van der Waals surface area contributed by atoms with Crippen molar-refractivity contribution in [2.24, 2.45) is 0 Å². The zero-order valence-corrected chi connectivity index (χ0v) is 47.6. The fourth-order valence-corrected chi connectivity index (χ4v) is 9.51. The Bertz CT molecular complexity index is 2030. The Morgan fingerprint density at radius 3 is 1.74 bits per heavy atom. The van der Waals surface area contributed by atoms with Gasteiger partial charge in [-0.1, -0.05) is 165 Å². The number of anilines is 2. The van der Waals surface area contributed by atoms with Gasteiger partial charge in [-0.05, 0) is 76.2 Å². The van der Waals surface area contributed by atoms with Gasteiger partial charge in [-0.2, -0.15) is 9.97 Å². The number of ether oxygens (including phenoxy) is 4. The van der Waals surface area contributed by atoms with Gasteiger partial charge in [-0.15, -0.1) is 0 Å². The van der Waals surface area contributed by atoms with Gasteiger partial charge in [0, 0.05) is 37.5 Å². The summed E-state index contributed by atoms with van der Waals surface area (Å²) in [4.78, 5) is 72.3. The van der Waals surface area contributed by atoms with Crippen LogP contribution < -0.4 is 15.4 Å². The molecule has 76 heavy (non-hydrogen) atoms. The molecule has 2 heterocycles. The van der Waals surface area contributed by atoms with E-state index in [1.54, 1.807) is 31.4 Å². The lowest BCUT2D eigenvalue weighted by molar-refractivity contribution is -0.161. The third kappa shape index (κ3) is 30.5. The normalized spacial score (nSPS) is 13.6. The van der Waals surface area contributed by atoms with Crippen LogP contribution in [-0.4, -0.2) is 84.7 Å². The molecule has 1 aromatic carbocycles. The molecule has 3 N–H and O–H groups in total. The van der Waals surface area contributed by atoms with E-state index < -0.39 is 32.5 Å². The first-order chi connectivity index (χ1) is 37.0. The highest BCUT2D eigenvalue weighted by Crippen LogP contribution is 2.43. The van der Waals surface area contributed by atoms with E-state index >= 15 is 0 Å². The highest BCUT2D eigenvalue weighted by Gasteiger charge is 2.32. The molecule has 1 amide bonds. The van der Waals surface area contributed by atoms with Crippen molar-refractivity contribution in [2.45, 2.75) is 226 Å². The number of amides is 1. The van der Waals surface area contributed by atoms with Crippen molar-refractivity contribution >= 4 is 43.1 Å². The van der Waals surface area contributed by atoms with E-state index in [1.807, 2.05) is 0 Å². The Morgan fingerprint density at radius 1 is 0.658 bits per heavy atom. The van der Waals surface area contributed by atoms with Crippen molar-refractivity contribution in [1.82, 2.24) is 9.97 Å². The number of methoxy groups -OCH3 is 1. The second-order valence-corrected chi connectivity index (χ2v) is 21.4. The SMILES string of the molecule is CCCCCCCC/C=C/CCCCCCCC(=O)OCC(COP(=O)(O)OCCCC(=O)c1ccc(CN2C(=O)Cc3c(N)nc(OCCOC)nc32)cc1)OC(=O)CCCCCCC/C=C/CCCCCCCC. The lowest BCUT2D eigenvalue weighted by Gasteiger charge is -2.20. The number of hydrogen-bond donors (Lipinski definition) is 2. The molecule has 0 radical (unpaired) electrons. The van der Waals surface area contributed by atoms with Gasteiger partial charge in [0.2, 0.25) is 5.91 Å². The molecule has 1 aliphatic rings. The second kappa shape index (κ2) is 41.6. The minimum atomic E-state index is -4.65. The average molecular weight is 1080 g/mol. The summed E-state index contributed by atoms with van der Waals surface area (Å²) in [5.74, 6) is -0.814. The van der Waals surface area contributed by atoms with Crippen molar-refractivity contribution in [1.29, 1.82) is 0 Å². The fraction of sp³-hybridized carbons (Fsp3) is 0.695. The molecular weight excluding hydrogens is 988 g/mol. The summed E-state index contributed by atoms with van der Waals surface area (Å²) in [6.45, 7) is 4.09. The van der Waals surface area contributed by atoms with Crippen molar-refractivity contribution in [3.8, 4) is 6.01 Å². The molecule has 428 valence electrons. The third-order valence-electron chi connectivity index (χ3n) is 13.3. The number of benzene rings is 1. The number of ketones is 1. The zero-order chi connectivity index (χ0) is 54.9. The van der Waals surface area contributed by atoms with Crippen molar-refractivity contribution in [3.05, 3.63) is 65.3 Å². The van der Waals surface area contributed by atoms with Crippen molar-refractivity contribution in [2.75, 3.05) is 50.8 Å². The Kier molecular flexibility index (Phi) is 36.0. The van der Waals surface area contributed by atoms with Gasteiger partial charge in [0.25, 0.3) is 0 Å². The number of phosphoric ester groups is 1. The summed E-state index contributed by atoms with van der Waals surface area (Å²) >= 11 is 0. The summed E-state index contributed by atoms with van der Waals surface area (Å²) < 4.78 is 45.0. The van der Waals surface area contributed by atoms with Crippen LogP contribution in [-0.2, 0) is 55.2 Å². The molecule has 2 unspecified atom stereocenters. The number of hydrogen-bond acceptors (Lipinski definition) is 14. The number of nitrogens with zero attached hydrogens (tertiary/aromatic N) is 3. The molecule has 2 atom stereocenters. The summed E-state index contributed by atoms with van der Waals surface area (Å²) in [5.41, 5.74) is 7.81. The smallest absolute Gasteiger partial charge is 0.462 e. The van der Waals surface area contributed by atoms with E-state index in [0.717, 1.165) is 82.6 Å². The van der Waals surface area contributed by atoms with Gasteiger partial charge in [0.15, 0.2) is 11.9 Å². The maximum absolute atomic E-state index is 13.1. The lowest BCUT2D eigenvalue weighted by atomic mass is 10.0. The highest BCUT2D eigenvalue weighted by atomic mass is 31.2. The molecule has 17 heteroatoms. The summed E-state index contributed by atoms with van der Waals surface area (Å²) in [5, 5.41) is 0. The van der Waals surface area contributed by atoms with Crippen LogP contribution in [0.3, 0.4) is 0 Å². The van der Waals surface area contributed by atoms with Crippen LogP contribution in [0.1, 0.15) is 228 Å². The Labute approximate surface area is 455 Å². The number of fused-ring (bicyclic) bond motifs is 1. The van der Waals surface area contributed by atoms with E-state index in [4.69, 9.17) is 33.7 Å². The van der Waals surface area contributed by atoms with Crippen LogP contribution in [0.15, 0.2) is 48.6 Å². The van der Waals surface area contributed by atoms with Crippen molar-refractivity contribution < 1.29 is 56.6 Å². The molecule has 3 rings (SSSR count). The number of Topliss-reactive ketones (excluding diaryl/α,β-unsaturated/α-hetero) is 1. The molecule has 0 aliphatic carbocycles. The van der Waals surface area contributed by atoms with Crippen LogP contribution in [0, 0.1) is 0 Å². The monoisotopic (exact) mass is 1080 g/mol. The highest BCUT2D eigenvalue weighted by molar-refractivity contribution is 7.47. The summed E-state index contributed by atoms with van der Waals surface area (Å²) in [6, 6.07) is 6.83. The second-order valence-electron chi connectivity index (χ2n) is 20.0. The first-order valence-electron chi connectivity index (χ1n) is 28.9. The van der Waals surface area contributed by atoms with E-state index in [0.29, 0.717) is 36.4 Å². The summed E-state index contributed by atoms with van der Waals surface area (Å²) in [6.07, 6.45) is 38.2. The molecule has 0 bridgehead atoms. The third-order valence-corrected chi connectivity index (χ3v) is 14.2. The quantitative estimate of drug-likeness (QED) is 0.0207. The molecule has 16 nitrogen and oxygen atoms in total. The van der Waals surface area contributed by atoms with Gasteiger partial charge < -0.3 is 29.6 Å². The predicted octanol–water partition coefficient (Wildman–Crippen LogP) is 13.8. The first kappa shape index (κ1) is 65.8. The minimum Gasteiger partial charge on any atom is -0.462 e. The van der Waals surface area contributed by atoms with E-state index in [2.05, 4.69) is 48.1 Å². The lowest BCUT2D eigenvalue weighted by Crippen LogP contribution is -2.29. The number of unbranched alkanes of at least 4 members (excludes halogenated alkanes) is 22. The first-order valence-corrected chi connectivity index (χ1v) is 30.4. The number of nitrogens with two attached hydrogens (primary N) is 1. The standard InChI is InChI=1S/C59H95N4O12P/c1-4-6-8-10-12-14-16-18-20-22-24-26-28-30-32-36-55(66)72-47-51(75-56(67)37-33-31-29-27-25-23-21-19-17-15-13-11-9-7-5-2)48-74-76(68,69)73-42-34-35-53(64)50-40-38-49(39-41-50)46-63-54(65)45-52-57(60)61-59(62-58(52)63)71-44-43-70-3/h18-21,38-41,51H,4-17,22-37,42-48H2,1-3H3,(H,68,69)(H2,60,61,62)/b20-18+,21-19+. The molecule has 2 aromatic rings. The van der Waals surface area contributed by atoms with Crippen LogP contribution in [0.2, 0.25) is 0 Å². The van der Waals surface area contributed by atoms with Gasteiger partial charge >= 0.3 is 25.8 Å². The van der Waals surface area contributed by atoms with Crippen LogP contribution in [0.5, 0.6) is 6.01 Å². The minimum absolute atomic E-state index is 0.0165. The van der Waals surface area contributed by atoms with Gasteiger partial charge in [0.1, 0.15) is 24.8 Å². The molecule has 1 aliphatic heterocycles. The van der Waals surface area contributed by atoms with Crippen molar-refractivity contribution in [3.63, 3.8) is 0 Å². The predicted molar refractivity (Wildman–Crippen MR) is 300 cm³/mol. The topological polar surface area (TPSA) is 216 Å². The Balaban J connectivity index is 1.40. The number of esters is 2. The van der Waals surface area contributed by atoms with E-state index in [-0.39, 0.29) is 82.0 Å². The van der Waals surface area contributed by atoms with Crippen LogP contribution >= 0.6 is 7.82 Å². The van der Waals surface area contributed by atoms with Crippen LogP contribution in [0.25, 0.3) is 0 Å². The Morgan fingerprint density at radius 2 is 1.18 bits per heavy atom. The van der Waals surface area contributed by atoms with E-state index in [1.165, 1.54) is 81.9 Å². The molecule has 1 aromatic heterocycles. The van der Waals surface area contributed by atoms with Gasteiger partial charge in [0.05, 0.1) is 32.8 Å². The molecule has 0 fully saturated rings. The molecule has 0 saturated heterocycles. The fourth-order valence-electron chi connectivity index (χ4n) is 8.72. The molecule has 0 saturated carbocycles. The number of nitrogen functional groups attached to an aromatic ring is 1. The Hall–Kier alpha value is -4.47. The number of allylic oxidation sites excluding steroid dienone is 4. The molecule has 0 spiro atoms. The van der Waals surface area contributed by atoms with Gasteiger partial charge in [-0.25, -0.2) is 4.57 Å². The van der Waals surface area contributed by atoms with Crippen LogP contribution in [0.4, 0.5) is 11.6 Å². The largest absolute Gasteiger partial charge is 0.472 e. The van der Waals surface area contributed by atoms with E-state index in [9.17, 15) is 28.6 Å². The number of carbonyl (C=O) groups excluding carboxylic acids is 4. The number of aromatic nitrogens is 2. The maximum Gasteiger partial charge on any atom is 0.472 e. The number of carbonyl (C=O) groups is 4. The number of rotatable bonds is 48. The zero-order valence-electron chi connectivity index (χ0n) is 46.7. The molecular formula is C59H95N4O12P. The summed E-state index contributed by atoms with van der Waals surface area (Å²) in [7, 11) is -3.10. The average Bonchev–Trinajstić information content (AvgIpc) is 3.74. The maximum atomic E-state index is 13.1.